The quantitative estimate of drug-likeness (QED) is 0.482. The smallest absolute Gasteiger partial charge is 0.152 e. The van der Waals surface area contributed by atoms with Crippen LogP contribution in [-0.2, 0) is 4.79 Å². The van der Waals surface area contributed by atoms with E-state index in [1.54, 1.807) is 0 Å². The highest BCUT2D eigenvalue weighted by Crippen LogP contribution is 2.02. The van der Waals surface area contributed by atoms with Crippen LogP contribution in [0.1, 0.15) is 6.42 Å². The summed E-state index contributed by atoms with van der Waals surface area (Å²) < 4.78 is 0. The summed E-state index contributed by atoms with van der Waals surface area (Å²) in [7, 11) is 0. The Morgan fingerprint density at radius 1 is 1.78 bits per heavy atom. The van der Waals surface area contributed by atoms with Crippen molar-refractivity contribution in [2.45, 2.75) is 6.42 Å². The van der Waals surface area contributed by atoms with Crippen LogP contribution in [0.2, 0.25) is 0 Å². The predicted molar refractivity (Wildman–Crippen MR) is 31.6 cm³/mol. The molecule has 0 aromatic carbocycles. The van der Waals surface area contributed by atoms with E-state index in [0.717, 1.165) is 6.54 Å². The number of carbonyl (C=O) groups excluding carboxylic acids is 1. The first-order valence-corrected chi connectivity index (χ1v) is 2.97. The van der Waals surface area contributed by atoms with E-state index in [4.69, 9.17) is 5.26 Å². The molecule has 0 spiro atoms. The molecule has 3 nitrogen and oxygen atoms in total. The molecule has 3 heteroatoms. The Kier molecular flexibility index (Phi) is 1.81. The van der Waals surface area contributed by atoms with Gasteiger partial charge in [-0.25, -0.2) is 0 Å². The van der Waals surface area contributed by atoms with Crippen LogP contribution in [-0.4, -0.2) is 18.9 Å². The molecule has 1 N–H and O–H groups in total. The zero-order valence-electron chi connectivity index (χ0n) is 5.05. The Hall–Kier alpha value is -0.880. The van der Waals surface area contributed by atoms with Crippen molar-refractivity contribution in [2.24, 2.45) is 5.92 Å². The molecule has 0 aliphatic carbocycles. The fourth-order valence-electron chi connectivity index (χ4n) is 0.864. The number of hydrogen-bond donors (Lipinski definition) is 1. The molecule has 1 aliphatic rings. The van der Waals surface area contributed by atoms with E-state index in [-0.39, 0.29) is 5.78 Å². The van der Waals surface area contributed by atoms with Crippen molar-refractivity contribution in [1.82, 2.24) is 5.32 Å². The Balaban J connectivity index is 2.51. The molecule has 1 aliphatic heterocycles. The van der Waals surface area contributed by atoms with Gasteiger partial charge in [-0.1, -0.05) is 0 Å². The first-order chi connectivity index (χ1) is 4.34. The van der Waals surface area contributed by atoms with E-state index in [9.17, 15) is 4.79 Å². The third-order valence-corrected chi connectivity index (χ3v) is 1.44. The number of ketones is 1. The molecule has 1 fully saturated rings. The summed E-state index contributed by atoms with van der Waals surface area (Å²) in [5.41, 5.74) is 0. The summed E-state index contributed by atoms with van der Waals surface area (Å²) in [5, 5.41) is 11.3. The molecule has 0 bridgehead atoms. The Morgan fingerprint density at radius 2 is 2.56 bits per heavy atom. The first kappa shape index (κ1) is 6.24. The van der Waals surface area contributed by atoms with Gasteiger partial charge in [-0.3, -0.25) is 4.79 Å². The number of Topliss-reactive ketones (excluding diaryl/α,β-unsaturated/α-hetero) is 1. The van der Waals surface area contributed by atoms with Crippen LogP contribution in [0.4, 0.5) is 0 Å². The molecule has 0 saturated carbocycles. The molecule has 1 unspecified atom stereocenters. The topological polar surface area (TPSA) is 52.9 Å². The van der Waals surface area contributed by atoms with Crippen molar-refractivity contribution in [3.63, 3.8) is 0 Å². The molecule has 1 rings (SSSR count). The third kappa shape index (κ3) is 1.27. The van der Waals surface area contributed by atoms with Gasteiger partial charge in [0, 0.05) is 19.5 Å². The van der Waals surface area contributed by atoms with Gasteiger partial charge in [0.1, 0.15) is 5.92 Å². The Labute approximate surface area is 53.7 Å². The zero-order valence-corrected chi connectivity index (χ0v) is 5.05. The van der Waals surface area contributed by atoms with Gasteiger partial charge in [0.2, 0.25) is 0 Å². The average molecular weight is 124 g/mol. The highest BCUT2D eigenvalue weighted by atomic mass is 16.1. The predicted octanol–water partition coefficient (Wildman–Crippen LogP) is -0.311. The van der Waals surface area contributed by atoms with Crippen molar-refractivity contribution >= 4 is 5.78 Å². The number of rotatable bonds is 0. The van der Waals surface area contributed by atoms with Gasteiger partial charge >= 0.3 is 0 Å². The summed E-state index contributed by atoms with van der Waals surface area (Å²) in [5.74, 6) is -0.310. The lowest BCUT2D eigenvalue weighted by Crippen LogP contribution is -2.35. The number of carbonyl (C=O) groups is 1. The van der Waals surface area contributed by atoms with Crippen LogP contribution in [0, 0.1) is 17.2 Å². The van der Waals surface area contributed by atoms with Crippen molar-refractivity contribution in [1.29, 1.82) is 5.26 Å². The maximum Gasteiger partial charge on any atom is 0.152 e. The lowest BCUT2D eigenvalue weighted by Gasteiger charge is -2.14. The second kappa shape index (κ2) is 2.60. The van der Waals surface area contributed by atoms with Crippen LogP contribution in [0.15, 0.2) is 0 Å². The molecule has 1 saturated heterocycles. The van der Waals surface area contributed by atoms with Gasteiger partial charge in [0.15, 0.2) is 5.78 Å². The average Bonchev–Trinajstić information content (AvgIpc) is 1.89. The minimum Gasteiger partial charge on any atom is -0.315 e. The SMILES string of the molecule is N#CC1CNCCC1=O. The minimum atomic E-state index is -0.390. The molecule has 0 aromatic rings. The second-order valence-electron chi connectivity index (χ2n) is 2.10. The number of nitrogens with zero attached hydrogens (tertiary/aromatic N) is 1. The fraction of sp³-hybridized carbons (Fsp3) is 0.667. The molecule has 0 radical (unpaired) electrons. The molecular weight excluding hydrogens is 116 g/mol. The van der Waals surface area contributed by atoms with Gasteiger partial charge in [0.05, 0.1) is 6.07 Å². The molecule has 0 aromatic heterocycles. The Morgan fingerprint density at radius 3 is 3.00 bits per heavy atom. The van der Waals surface area contributed by atoms with Crippen LogP contribution in [0.5, 0.6) is 0 Å². The molecule has 1 atom stereocenters. The highest BCUT2D eigenvalue weighted by molar-refractivity contribution is 5.84. The van der Waals surface area contributed by atoms with E-state index >= 15 is 0 Å². The maximum absolute atomic E-state index is 10.8. The molecule has 1 heterocycles. The van der Waals surface area contributed by atoms with E-state index < -0.39 is 5.92 Å². The van der Waals surface area contributed by atoms with Gasteiger partial charge in [-0.15, -0.1) is 0 Å². The summed E-state index contributed by atoms with van der Waals surface area (Å²) in [4.78, 5) is 10.8. The monoisotopic (exact) mass is 124 g/mol. The van der Waals surface area contributed by atoms with Crippen molar-refractivity contribution in [3.05, 3.63) is 0 Å². The number of nitriles is 1. The minimum absolute atomic E-state index is 0.0799. The molecule has 48 valence electrons. The summed E-state index contributed by atoms with van der Waals surface area (Å²) >= 11 is 0. The highest BCUT2D eigenvalue weighted by Gasteiger charge is 2.20. The largest absolute Gasteiger partial charge is 0.315 e. The van der Waals surface area contributed by atoms with E-state index in [1.165, 1.54) is 0 Å². The van der Waals surface area contributed by atoms with Gasteiger partial charge in [0.25, 0.3) is 0 Å². The fourth-order valence-corrected chi connectivity index (χ4v) is 0.864. The summed E-state index contributed by atoms with van der Waals surface area (Å²) in [6, 6.07) is 1.94. The lowest BCUT2D eigenvalue weighted by atomic mass is 10.0. The van der Waals surface area contributed by atoms with E-state index in [2.05, 4.69) is 5.32 Å². The second-order valence-corrected chi connectivity index (χ2v) is 2.10. The van der Waals surface area contributed by atoms with Crippen LogP contribution in [0.25, 0.3) is 0 Å². The van der Waals surface area contributed by atoms with Crippen LogP contribution < -0.4 is 5.32 Å². The van der Waals surface area contributed by atoms with E-state index in [1.807, 2.05) is 6.07 Å². The first-order valence-electron chi connectivity index (χ1n) is 2.97. The molecule has 9 heavy (non-hydrogen) atoms. The Bertz CT molecular complexity index is 159. The van der Waals surface area contributed by atoms with Crippen molar-refractivity contribution < 1.29 is 4.79 Å². The standard InChI is InChI=1S/C6H8N2O/c7-3-5-4-8-2-1-6(5)9/h5,8H,1-2,4H2. The normalized spacial score (nSPS) is 27.4. The lowest BCUT2D eigenvalue weighted by molar-refractivity contribution is -0.122. The van der Waals surface area contributed by atoms with Gasteiger partial charge in [-0.05, 0) is 0 Å². The molecular formula is C6H8N2O. The van der Waals surface area contributed by atoms with Crippen LogP contribution in [0.3, 0.4) is 0 Å². The van der Waals surface area contributed by atoms with Gasteiger partial charge in [-0.2, -0.15) is 5.26 Å². The van der Waals surface area contributed by atoms with Gasteiger partial charge < -0.3 is 5.32 Å². The van der Waals surface area contributed by atoms with E-state index in [0.29, 0.717) is 13.0 Å². The number of piperidine rings is 1. The van der Waals surface area contributed by atoms with Crippen molar-refractivity contribution in [3.8, 4) is 6.07 Å². The van der Waals surface area contributed by atoms with Crippen LogP contribution >= 0.6 is 0 Å². The maximum atomic E-state index is 10.8. The summed E-state index contributed by atoms with van der Waals surface area (Å²) in [6.07, 6.45) is 0.512. The summed E-state index contributed by atoms with van der Waals surface area (Å²) in [6.45, 7) is 1.27. The van der Waals surface area contributed by atoms with Crippen molar-refractivity contribution in [2.75, 3.05) is 13.1 Å². The zero-order chi connectivity index (χ0) is 6.69. The third-order valence-electron chi connectivity index (χ3n) is 1.44. The number of hydrogen-bond acceptors (Lipinski definition) is 3. The molecule has 0 amide bonds. The number of nitrogens with one attached hydrogen (secondary N) is 1.